The number of rotatable bonds is 5. The zero-order chi connectivity index (χ0) is 22.9. The highest BCUT2D eigenvalue weighted by atomic mass is 19.4. The van der Waals surface area contributed by atoms with E-state index >= 15 is 0 Å². The molecule has 3 aromatic heterocycles. The number of amides is 1. The van der Waals surface area contributed by atoms with Crippen molar-refractivity contribution in [1.29, 1.82) is 0 Å². The van der Waals surface area contributed by atoms with E-state index in [9.17, 15) is 18.0 Å². The van der Waals surface area contributed by atoms with Crippen LogP contribution in [0, 0.1) is 13.8 Å². The average Bonchev–Trinajstić information content (AvgIpc) is 3.37. The van der Waals surface area contributed by atoms with E-state index in [1.165, 1.54) is 16.9 Å². The number of carbonyl (C=O) groups excluding carboxylic acids is 1. The monoisotopic (exact) mass is 441 g/mol. The van der Waals surface area contributed by atoms with Crippen molar-refractivity contribution in [3.63, 3.8) is 0 Å². The van der Waals surface area contributed by atoms with E-state index < -0.39 is 23.7 Å². The summed E-state index contributed by atoms with van der Waals surface area (Å²) in [6, 6.07) is 10.7. The number of carbonyl (C=O) groups is 1. The predicted octanol–water partition coefficient (Wildman–Crippen LogP) is 3.54. The molecule has 11 heteroatoms. The molecule has 0 saturated carbocycles. The minimum Gasteiger partial charge on any atom is -0.338 e. The molecular weight excluding hydrogens is 423 g/mol. The van der Waals surface area contributed by atoms with E-state index in [0.717, 1.165) is 17.8 Å². The van der Waals surface area contributed by atoms with Crippen LogP contribution in [0.1, 0.15) is 44.9 Å². The summed E-state index contributed by atoms with van der Waals surface area (Å²) >= 11 is 0. The number of benzene rings is 1. The lowest BCUT2D eigenvalue weighted by Gasteiger charge is -2.16. The van der Waals surface area contributed by atoms with E-state index in [-0.39, 0.29) is 11.4 Å². The molecule has 0 aliphatic rings. The number of nitrogens with zero attached hydrogens (tertiary/aromatic N) is 5. The van der Waals surface area contributed by atoms with Gasteiger partial charge < -0.3 is 5.32 Å². The Labute approximate surface area is 180 Å². The second kappa shape index (κ2) is 8.25. The van der Waals surface area contributed by atoms with Gasteiger partial charge in [-0.2, -0.15) is 23.4 Å². The summed E-state index contributed by atoms with van der Waals surface area (Å²) in [5.74, 6) is 0.736. The van der Waals surface area contributed by atoms with Crippen LogP contribution < -0.4 is 5.32 Å². The third kappa shape index (κ3) is 4.22. The Morgan fingerprint density at radius 2 is 1.84 bits per heavy atom. The smallest absolute Gasteiger partial charge is 0.338 e. The lowest BCUT2D eigenvalue weighted by atomic mass is 10.1. The molecule has 1 amide bonds. The van der Waals surface area contributed by atoms with Gasteiger partial charge in [0.25, 0.3) is 5.91 Å². The summed E-state index contributed by atoms with van der Waals surface area (Å²) in [6.45, 7) is 3.39. The molecule has 0 aliphatic carbocycles. The van der Waals surface area contributed by atoms with Crippen LogP contribution in [-0.2, 0) is 6.18 Å². The van der Waals surface area contributed by atoms with Crippen molar-refractivity contribution in [1.82, 2.24) is 35.3 Å². The molecule has 1 unspecified atom stereocenters. The summed E-state index contributed by atoms with van der Waals surface area (Å²) in [5.41, 5.74) is 0.596. The van der Waals surface area contributed by atoms with E-state index in [4.69, 9.17) is 0 Å². The number of nitrogens with one attached hydrogen (secondary N) is 2. The normalized spacial score (nSPS) is 12.5. The summed E-state index contributed by atoms with van der Waals surface area (Å²) in [4.78, 5) is 21.2. The lowest BCUT2D eigenvalue weighted by molar-refractivity contribution is -0.137. The number of aromatic nitrogens is 6. The van der Waals surface area contributed by atoms with E-state index in [1.54, 1.807) is 13.8 Å². The third-order valence-electron chi connectivity index (χ3n) is 4.83. The highest BCUT2D eigenvalue weighted by Gasteiger charge is 2.31. The second-order valence-electron chi connectivity index (χ2n) is 7.05. The fraction of sp³-hybridized carbons (Fsp3) is 0.190. The molecule has 2 N–H and O–H groups in total. The number of hydrogen-bond acceptors (Lipinski definition) is 5. The quantitative estimate of drug-likeness (QED) is 0.493. The molecule has 0 fully saturated rings. The van der Waals surface area contributed by atoms with Crippen LogP contribution in [0.4, 0.5) is 13.2 Å². The maximum atomic E-state index is 13.1. The van der Waals surface area contributed by atoms with Gasteiger partial charge in [0, 0.05) is 6.20 Å². The number of halogens is 3. The number of hydrogen-bond donors (Lipinski definition) is 2. The first kappa shape index (κ1) is 21.2. The second-order valence-corrected chi connectivity index (χ2v) is 7.05. The van der Waals surface area contributed by atoms with Crippen molar-refractivity contribution >= 4 is 5.91 Å². The molecule has 3 heterocycles. The Morgan fingerprint density at radius 3 is 2.44 bits per heavy atom. The molecule has 0 bridgehead atoms. The topological polar surface area (TPSA) is 101 Å². The molecule has 0 saturated heterocycles. The zero-order valence-electron chi connectivity index (χ0n) is 17.1. The Balaban J connectivity index is 1.61. The number of aromatic amines is 1. The Morgan fingerprint density at radius 1 is 1.09 bits per heavy atom. The first-order chi connectivity index (χ1) is 15.2. The summed E-state index contributed by atoms with van der Waals surface area (Å²) in [6.07, 6.45) is -2.41. The van der Waals surface area contributed by atoms with Gasteiger partial charge in [-0.05, 0) is 31.5 Å². The van der Waals surface area contributed by atoms with Crippen LogP contribution in [0.5, 0.6) is 0 Å². The number of aryl methyl sites for hydroxylation is 1. The van der Waals surface area contributed by atoms with E-state index in [2.05, 4.69) is 30.6 Å². The molecule has 164 valence electrons. The van der Waals surface area contributed by atoms with Crippen LogP contribution >= 0.6 is 0 Å². The van der Waals surface area contributed by atoms with Crippen molar-refractivity contribution in [2.24, 2.45) is 0 Å². The van der Waals surface area contributed by atoms with Gasteiger partial charge in [0.05, 0.1) is 23.0 Å². The molecule has 8 nitrogen and oxygen atoms in total. The summed E-state index contributed by atoms with van der Waals surface area (Å²) in [5, 5.41) is 14.0. The first-order valence-corrected chi connectivity index (χ1v) is 9.57. The Bertz CT molecular complexity index is 1230. The van der Waals surface area contributed by atoms with Crippen LogP contribution in [0.25, 0.3) is 5.82 Å². The van der Waals surface area contributed by atoms with Crippen molar-refractivity contribution < 1.29 is 18.0 Å². The lowest BCUT2D eigenvalue weighted by Crippen LogP contribution is -2.30. The molecule has 0 aliphatic heterocycles. The van der Waals surface area contributed by atoms with Gasteiger partial charge in [0.2, 0.25) is 0 Å². The molecule has 1 atom stereocenters. The molecular formula is C21H18F3N7O. The maximum absolute atomic E-state index is 13.1. The van der Waals surface area contributed by atoms with E-state index in [1.807, 2.05) is 30.3 Å². The van der Waals surface area contributed by atoms with Gasteiger partial charge in [0.15, 0.2) is 11.6 Å². The molecule has 0 radical (unpaired) electrons. The van der Waals surface area contributed by atoms with Gasteiger partial charge in [0.1, 0.15) is 11.9 Å². The van der Waals surface area contributed by atoms with Crippen molar-refractivity contribution in [3.05, 3.63) is 88.9 Å². The van der Waals surface area contributed by atoms with Gasteiger partial charge in [-0.25, -0.2) is 14.6 Å². The molecule has 1 aromatic carbocycles. The zero-order valence-corrected chi connectivity index (χ0v) is 17.1. The van der Waals surface area contributed by atoms with E-state index in [0.29, 0.717) is 17.3 Å². The average molecular weight is 441 g/mol. The van der Waals surface area contributed by atoms with Gasteiger partial charge in [-0.1, -0.05) is 30.3 Å². The number of H-pyrrole nitrogens is 1. The van der Waals surface area contributed by atoms with Crippen LogP contribution in [-0.4, -0.2) is 35.9 Å². The Hall–Kier alpha value is -4.02. The minimum atomic E-state index is -4.49. The highest BCUT2D eigenvalue weighted by molar-refractivity contribution is 5.95. The standard InChI is InChI=1S/C21H18F3N7O/c1-12-16(11-26-31(12)17-9-8-15(10-25-17)21(22,23)24)20(32)28-18(14-6-4-3-5-7-14)19-27-13(2)29-30-19/h3-11,18H,1-2H3,(H,28,32)(H,27,29,30). The predicted molar refractivity (Wildman–Crippen MR) is 108 cm³/mol. The maximum Gasteiger partial charge on any atom is 0.417 e. The fourth-order valence-electron chi connectivity index (χ4n) is 3.18. The number of pyridine rings is 1. The molecule has 32 heavy (non-hydrogen) atoms. The van der Waals surface area contributed by atoms with Gasteiger partial charge >= 0.3 is 6.18 Å². The number of alkyl halides is 3. The Kier molecular flexibility index (Phi) is 5.47. The summed E-state index contributed by atoms with van der Waals surface area (Å²) < 4.78 is 39.7. The molecule has 4 aromatic rings. The van der Waals surface area contributed by atoms with Crippen LogP contribution in [0.15, 0.2) is 54.9 Å². The largest absolute Gasteiger partial charge is 0.417 e. The van der Waals surface area contributed by atoms with Gasteiger partial charge in [-0.3, -0.25) is 9.89 Å². The van der Waals surface area contributed by atoms with Crippen molar-refractivity contribution in [3.8, 4) is 5.82 Å². The third-order valence-corrected chi connectivity index (χ3v) is 4.83. The minimum absolute atomic E-state index is 0.166. The molecule has 4 rings (SSSR count). The first-order valence-electron chi connectivity index (χ1n) is 9.57. The van der Waals surface area contributed by atoms with Crippen molar-refractivity contribution in [2.45, 2.75) is 26.1 Å². The molecule has 0 spiro atoms. The summed E-state index contributed by atoms with van der Waals surface area (Å²) in [7, 11) is 0. The van der Waals surface area contributed by atoms with Gasteiger partial charge in [-0.15, -0.1) is 0 Å². The van der Waals surface area contributed by atoms with Crippen LogP contribution in [0.2, 0.25) is 0 Å². The fourth-order valence-corrected chi connectivity index (χ4v) is 3.18. The van der Waals surface area contributed by atoms with Crippen LogP contribution in [0.3, 0.4) is 0 Å². The highest BCUT2D eigenvalue weighted by Crippen LogP contribution is 2.29. The SMILES string of the molecule is Cc1nc(C(NC(=O)c2cnn(-c3ccc(C(F)(F)F)cn3)c2C)c2ccccc2)n[nH]1. The van der Waals surface area contributed by atoms with Crippen molar-refractivity contribution in [2.75, 3.05) is 0 Å².